The van der Waals surface area contributed by atoms with E-state index in [-0.39, 0.29) is 23.3 Å². The van der Waals surface area contributed by atoms with Crippen molar-refractivity contribution in [3.05, 3.63) is 53.3 Å². The number of hydrogen-bond donors (Lipinski definition) is 3. The number of carboxylic acid groups (broad SMARTS) is 1. The number of fused-ring (bicyclic) bond motifs is 1. The molecule has 3 atom stereocenters. The van der Waals surface area contributed by atoms with Crippen LogP contribution in [0, 0.1) is 0 Å². The van der Waals surface area contributed by atoms with Crippen LogP contribution in [0.4, 0.5) is 0 Å². The number of nitrogens with one attached hydrogen (secondary N) is 1. The topological polar surface area (TPSA) is 110 Å². The lowest BCUT2D eigenvalue weighted by Crippen LogP contribution is -2.73. The lowest BCUT2D eigenvalue weighted by atomic mass is 9.98. The summed E-state index contributed by atoms with van der Waals surface area (Å²) in [6.45, 7) is 5.45. The monoisotopic (exact) mass is 429 g/mol. The van der Waals surface area contributed by atoms with E-state index in [4.69, 9.17) is 0 Å². The van der Waals surface area contributed by atoms with Crippen molar-refractivity contribution in [2.24, 2.45) is 0 Å². The molecular formula is C21H23N3O5S. The van der Waals surface area contributed by atoms with Gasteiger partial charge in [0.1, 0.15) is 28.9 Å². The van der Waals surface area contributed by atoms with Crippen LogP contribution in [0.3, 0.4) is 0 Å². The van der Waals surface area contributed by atoms with Crippen LogP contribution in [0.15, 0.2) is 47.7 Å². The Morgan fingerprint density at radius 3 is 2.50 bits per heavy atom. The highest BCUT2D eigenvalue weighted by molar-refractivity contribution is 8.00. The van der Waals surface area contributed by atoms with E-state index >= 15 is 0 Å². The Bertz CT molecular complexity index is 985. The third kappa shape index (κ3) is 3.00. The zero-order valence-electron chi connectivity index (χ0n) is 16.8. The summed E-state index contributed by atoms with van der Waals surface area (Å²) >= 11 is 1.46. The zero-order valence-corrected chi connectivity index (χ0v) is 17.6. The van der Waals surface area contributed by atoms with E-state index in [2.05, 4.69) is 5.32 Å². The van der Waals surface area contributed by atoms with Crippen LogP contribution in [-0.4, -0.2) is 60.6 Å². The maximum atomic E-state index is 13.3. The summed E-state index contributed by atoms with van der Waals surface area (Å²) in [5.74, 6) is -1.22. The number of nitrogens with zero attached hydrogens (tertiary/aromatic N) is 2. The predicted molar refractivity (Wildman–Crippen MR) is 111 cm³/mol. The number of thioether (sulfide) groups is 1. The number of carboxylic acids is 1. The highest BCUT2D eigenvalue weighted by Gasteiger charge is 2.62. The molecule has 0 radical (unpaired) electrons. The number of allylic oxidation sites excluding steroid dienone is 2. The van der Waals surface area contributed by atoms with Crippen LogP contribution in [0.25, 0.3) is 0 Å². The van der Waals surface area contributed by atoms with Gasteiger partial charge in [-0.1, -0.05) is 24.3 Å². The molecule has 3 heterocycles. The number of phenolic OH excluding ortho intramolecular Hbond substituents is 1. The molecule has 30 heavy (non-hydrogen) atoms. The Hall–Kier alpha value is -2.78. The Morgan fingerprint density at radius 1 is 1.23 bits per heavy atom. The normalized spacial score (nSPS) is 28.2. The molecule has 4 rings (SSSR count). The van der Waals surface area contributed by atoms with E-state index in [0.717, 1.165) is 0 Å². The molecule has 8 nitrogen and oxygen atoms in total. The molecule has 3 aliphatic heterocycles. The molecule has 0 saturated carbocycles. The second-order valence-electron chi connectivity index (χ2n) is 7.97. The quantitative estimate of drug-likeness (QED) is 0.626. The Balaban J connectivity index is 1.65. The summed E-state index contributed by atoms with van der Waals surface area (Å²) in [5.41, 5.74) is 0.467. The van der Waals surface area contributed by atoms with Crippen molar-refractivity contribution in [1.29, 1.82) is 0 Å². The summed E-state index contributed by atoms with van der Waals surface area (Å²) in [5, 5.41) is 22.0. The molecule has 158 valence electrons. The summed E-state index contributed by atoms with van der Waals surface area (Å²) in [6.07, 6.45) is 3.46. The second-order valence-corrected chi connectivity index (χ2v) is 9.07. The molecule has 9 heteroatoms. The van der Waals surface area contributed by atoms with E-state index in [1.165, 1.54) is 28.8 Å². The smallest absolute Gasteiger partial charge is 0.352 e. The first-order chi connectivity index (χ1) is 14.2. The van der Waals surface area contributed by atoms with Crippen molar-refractivity contribution in [1.82, 2.24) is 15.1 Å². The maximum Gasteiger partial charge on any atom is 0.352 e. The van der Waals surface area contributed by atoms with Crippen LogP contribution in [0.1, 0.15) is 32.4 Å². The number of rotatable bonds is 4. The van der Waals surface area contributed by atoms with E-state index in [1.54, 1.807) is 36.1 Å². The average molecular weight is 429 g/mol. The molecule has 0 aliphatic carbocycles. The molecule has 0 bridgehead atoms. The van der Waals surface area contributed by atoms with Crippen LogP contribution in [-0.2, 0) is 14.4 Å². The number of phenols is 1. The van der Waals surface area contributed by atoms with E-state index in [0.29, 0.717) is 16.9 Å². The number of carbonyl (C=O) groups is 3. The van der Waals surface area contributed by atoms with Gasteiger partial charge in [-0.3, -0.25) is 19.8 Å². The molecule has 3 N–H and O–H groups in total. The third-order valence-electron chi connectivity index (χ3n) is 5.63. The number of benzene rings is 1. The van der Waals surface area contributed by atoms with Gasteiger partial charge in [-0.25, -0.2) is 4.79 Å². The van der Waals surface area contributed by atoms with Gasteiger partial charge < -0.3 is 15.1 Å². The molecule has 1 aromatic carbocycles. The van der Waals surface area contributed by atoms with Gasteiger partial charge in [-0.2, -0.15) is 0 Å². The van der Waals surface area contributed by atoms with Crippen molar-refractivity contribution in [2.45, 2.75) is 43.9 Å². The third-order valence-corrected chi connectivity index (χ3v) is 6.92. The number of hydrogen-bond acceptors (Lipinski definition) is 6. The van der Waals surface area contributed by atoms with E-state index in [9.17, 15) is 24.6 Å². The number of carbonyl (C=O) groups excluding carboxylic acids is 2. The molecule has 2 fully saturated rings. The van der Waals surface area contributed by atoms with E-state index < -0.39 is 29.1 Å². The van der Waals surface area contributed by atoms with Gasteiger partial charge in [-0.15, -0.1) is 11.8 Å². The molecule has 2 unspecified atom stereocenters. The minimum Gasteiger partial charge on any atom is -0.508 e. The fraction of sp³-hybridized carbons (Fsp3) is 0.381. The largest absolute Gasteiger partial charge is 0.508 e. The molecule has 2 amide bonds. The van der Waals surface area contributed by atoms with Gasteiger partial charge in [-0.05, 0) is 44.0 Å². The summed E-state index contributed by atoms with van der Waals surface area (Å²) in [7, 11) is 0. The second kappa shape index (κ2) is 7.17. The van der Waals surface area contributed by atoms with Crippen LogP contribution >= 0.6 is 11.8 Å². The standard InChI is InChI=1S/C21H23N3O5S/c1-4-5-12-10-30-19-16(18(27)23(19)15(12)20(28)29)24-17(26)14(22-21(24,2)3)11-6-8-13(25)9-7-11/h4-9,14,16,19,22,25H,10H2,1-3H3,(H,28,29)/t14?,16?,19-/m0/s1. The fourth-order valence-electron chi connectivity index (χ4n) is 4.33. The Kier molecular flexibility index (Phi) is 4.90. The molecule has 0 spiro atoms. The molecule has 0 aromatic heterocycles. The highest BCUT2D eigenvalue weighted by atomic mass is 32.2. The Morgan fingerprint density at radius 2 is 1.90 bits per heavy atom. The summed E-state index contributed by atoms with van der Waals surface area (Å²) in [6, 6.07) is 4.98. The van der Waals surface area contributed by atoms with Crippen molar-refractivity contribution >= 4 is 29.5 Å². The molecule has 2 saturated heterocycles. The number of aliphatic carboxylic acids is 1. The first-order valence-corrected chi connectivity index (χ1v) is 10.7. The van der Waals surface area contributed by atoms with Gasteiger partial charge in [0.05, 0.1) is 5.66 Å². The fourth-order valence-corrected chi connectivity index (χ4v) is 5.70. The molecule has 1 aromatic rings. The van der Waals surface area contributed by atoms with Crippen molar-refractivity contribution in [2.75, 3.05) is 5.75 Å². The SMILES string of the molecule is CC=CC1=C(C(=O)O)N2C(=O)C(N3C(=O)C(c4ccc(O)cc4)NC3(C)C)[C@@H]2SC1. The lowest BCUT2D eigenvalue weighted by molar-refractivity contribution is -0.162. The number of amides is 2. The number of aromatic hydroxyl groups is 1. The van der Waals surface area contributed by atoms with Gasteiger partial charge in [0.2, 0.25) is 5.91 Å². The predicted octanol–water partition coefficient (Wildman–Crippen LogP) is 1.80. The van der Waals surface area contributed by atoms with E-state index in [1.807, 2.05) is 13.8 Å². The van der Waals surface area contributed by atoms with Crippen molar-refractivity contribution < 1.29 is 24.6 Å². The maximum absolute atomic E-state index is 13.3. The lowest BCUT2D eigenvalue weighted by Gasteiger charge is -2.54. The van der Waals surface area contributed by atoms with Crippen LogP contribution in [0.5, 0.6) is 5.75 Å². The first kappa shape index (κ1) is 20.5. The van der Waals surface area contributed by atoms with Crippen LogP contribution < -0.4 is 5.32 Å². The average Bonchev–Trinajstić information content (AvgIpc) is 2.92. The minimum absolute atomic E-state index is 0.00871. The number of β-lactam (4-membered cyclic amide) rings is 1. The van der Waals surface area contributed by atoms with Gasteiger partial charge in [0.25, 0.3) is 5.91 Å². The molecular weight excluding hydrogens is 406 g/mol. The highest BCUT2D eigenvalue weighted by Crippen LogP contribution is 2.46. The van der Waals surface area contributed by atoms with Gasteiger partial charge in [0, 0.05) is 5.75 Å². The first-order valence-electron chi connectivity index (χ1n) is 9.61. The molecule has 3 aliphatic rings. The Labute approximate surface area is 178 Å². The van der Waals surface area contributed by atoms with Gasteiger partial charge in [0.15, 0.2) is 0 Å². The van der Waals surface area contributed by atoms with Crippen molar-refractivity contribution in [3.63, 3.8) is 0 Å². The van der Waals surface area contributed by atoms with Crippen LogP contribution in [0.2, 0.25) is 0 Å². The minimum atomic E-state index is -1.15. The zero-order chi connectivity index (χ0) is 21.8. The van der Waals surface area contributed by atoms with Gasteiger partial charge >= 0.3 is 5.97 Å². The summed E-state index contributed by atoms with van der Waals surface area (Å²) in [4.78, 5) is 41.1. The van der Waals surface area contributed by atoms with Crippen molar-refractivity contribution in [3.8, 4) is 5.75 Å². The summed E-state index contributed by atoms with van der Waals surface area (Å²) < 4.78 is 0.